The van der Waals surface area contributed by atoms with Gasteiger partial charge in [-0.15, -0.1) is 0 Å². The monoisotopic (exact) mass is 248 g/mol. The third-order valence-electron chi connectivity index (χ3n) is 2.69. The molecule has 1 aromatic rings. The maximum Gasteiger partial charge on any atom is 0.227 e. The molecule has 0 saturated heterocycles. The van der Waals surface area contributed by atoms with E-state index in [-0.39, 0.29) is 30.8 Å². The summed E-state index contributed by atoms with van der Waals surface area (Å²) in [5, 5.41) is 2.84. The zero-order chi connectivity index (χ0) is 13.0. The Labute approximate surface area is 105 Å². The van der Waals surface area contributed by atoms with Gasteiger partial charge in [-0.2, -0.15) is 0 Å². The average Bonchev–Trinajstić information content (AvgIpc) is 3.15. The Morgan fingerprint density at radius 1 is 1.28 bits per heavy atom. The van der Waals surface area contributed by atoms with Crippen molar-refractivity contribution >= 4 is 17.5 Å². The number of carbonyl (C=O) groups excluding carboxylic acids is 2. The Bertz CT molecular complexity index is 438. The van der Waals surface area contributed by atoms with Crippen molar-refractivity contribution in [1.82, 2.24) is 0 Å². The van der Waals surface area contributed by atoms with Crippen molar-refractivity contribution in [2.75, 3.05) is 11.9 Å². The van der Waals surface area contributed by atoms with Crippen LogP contribution in [0.5, 0.6) is 5.75 Å². The van der Waals surface area contributed by atoms with Gasteiger partial charge in [0.2, 0.25) is 11.8 Å². The molecule has 0 spiro atoms. The molecule has 2 rings (SSSR count). The maximum atomic E-state index is 11.5. The van der Waals surface area contributed by atoms with E-state index in [0.29, 0.717) is 5.75 Å². The quantitative estimate of drug-likeness (QED) is 0.795. The van der Waals surface area contributed by atoms with Crippen LogP contribution in [0.3, 0.4) is 0 Å². The number of hydrogen-bond acceptors (Lipinski definition) is 3. The molecule has 5 nitrogen and oxygen atoms in total. The molecule has 96 valence electrons. The van der Waals surface area contributed by atoms with Gasteiger partial charge in [0.25, 0.3) is 0 Å². The summed E-state index contributed by atoms with van der Waals surface area (Å²) in [6, 6.07) is 7.06. The van der Waals surface area contributed by atoms with Gasteiger partial charge < -0.3 is 15.8 Å². The van der Waals surface area contributed by atoms with Crippen LogP contribution in [0.4, 0.5) is 5.69 Å². The minimum Gasteiger partial charge on any atom is -0.493 e. The number of benzene rings is 1. The second-order valence-corrected chi connectivity index (χ2v) is 4.35. The number of nitrogens with one attached hydrogen (secondary N) is 1. The number of carbonyl (C=O) groups is 2. The van der Waals surface area contributed by atoms with E-state index in [1.165, 1.54) is 0 Å². The predicted molar refractivity (Wildman–Crippen MR) is 67.1 cm³/mol. The van der Waals surface area contributed by atoms with Gasteiger partial charge in [0, 0.05) is 11.6 Å². The first-order chi connectivity index (χ1) is 8.65. The standard InChI is InChI=1S/C13H16N2O3/c14-12(16)7-8-18-11-5-3-10(4-6-11)15-13(17)9-1-2-9/h3-6,9H,1-2,7-8H2,(H2,14,16)(H,15,17). The molecule has 0 heterocycles. The van der Waals surface area contributed by atoms with E-state index in [1.54, 1.807) is 24.3 Å². The van der Waals surface area contributed by atoms with Gasteiger partial charge in [-0.1, -0.05) is 0 Å². The van der Waals surface area contributed by atoms with Gasteiger partial charge >= 0.3 is 0 Å². The van der Waals surface area contributed by atoms with Gasteiger partial charge in [0.15, 0.2) is 0 Å². The van der Waals surface area contributed by atoms with Gasteiger partial charge in [-0.25, -0.2) is 0 Å². The summed E-state index contributed by atoms with van der Waals surface area (Å²) < 4.78 is 5.32. The van der Waals surface area contributed by atoms with Crippen LogP contribution in [0.25, 0.3) is 0 Å². The van der Waals surface area contributed by atoms with Gasteiger partial charge in [0.05, 0.1) is 13.0 Å². The highest BCUT2D eigenvalue weighted by Crippen LogP contribution is 2.30. The maximum absolute atomic E-state index is 11.5. The molecule has 0 radical (unpaired) electrons. The number of anilines is 1. The van der Waals surface area contributed by atoms with Crippen LogP contribution in [0.15, 0.2) is 24.3 Å². The van der Waals surface area contributed by atoms with Crippen molar-refractivity contribution in [2.24, 2.45) is 11.7 Å². The molecule has 0 bridgehead atoms. The second kappa shape index (κ2) is 5.53. The van der Waals surface area contributed by atoms with Crippen molar-refractivity contribution in [2.45, 2.75) is 19.3 Å². The Morgan fingerprint density at radius 3 is 2.50 bits per heavy atom. The van der Waals surface area contributed by atoms with Gasteiger partial charge in [-0.05, 0) is 37.1 Å². The largest absolute Gasteiger partial charge is 0.493 e. The molecule has 0 aliphatic heterocycles. The third kappa shape index (κ3) is 3.76. The normalized spacial score (nSPS) is 14.0. The number of nitrogens with two attached hydrogens (primary N) is 1. The molecule has 5 heteroatoms. The lowest BCUT2D eigenvalue weighted by Gasteiger charge is -2.07. The van der Waals surface area contributed by atoms with E-state index in [2.05, 4.69) is 5.32 Å². The number of primary amides is 1. The van der Waals surface area contributed by atoms with Crippen LogP contribution in [-0.2, 0) is 9.59 Å². The first kappa shape index (κ1) is 12.4. The molecule has 0 atom stereocenters. The predicted octanol–water partition coefficient (Wildman–Crippen LogP) is 1.29. The molecule has 2 amide bonds. The first-order valence-electron chi connectivity index (χ1n) is 5.97. The lowest BCUT2D eigenvalue weighted by Crippen LogP contribution is -2.14. The Morgan fingerprint density at radius 2 is 1.94 bits per heavy atom. The molecular formula is C13H16N2O3. The van der Waals surface area contributed by atoms with Gasteiger partial charge in [0.1, 0.15) is 5.75 Å². The zero-order valence-corrected chi connectivity index (χ0v) is 10.0. The SMILES string of the molecule is NC(=O)CCOc1ccc(NC(=O)C2CC2)cc1. The molecule has 1 aromatic carbocycles. The van der Waals surface area contributed by atoms with Crippen molar-refractivity contribution in [1.29, 1.82) is 0 Å². The van der Waals surface area contributed by atoms with Crippen molar-refractivity contribution in [3.05, 3.63) is 24.3 Å². The molecule has 1 aliphatic rings. The summed E-state index contributed by atoms with van der Waals surface area (Å²) in [5.74, 6) is 0.540. The van der Waals surface area contributed by atoms with E-state index in [4.69, 9.17) is 10.5 Å². The number of rotatable bonds is 6. The number of hydrogen-bond donors (Lipinski definition) is 2. The Balaban J connectivity index is 1.81. The van der Waals surface area contributed by atoms with Gasteiger partial charge in [-0.3, -0.25) is 9.59 Å². The minimum atomic E-state index is -0.386. The fourth-order valence-corrected chi connectivity index (χ4v) is 1.49. The smallest absolute Gasteiger partial charge is 0.227 e. The highest BCUT2D eigenvalue weighted by atomic mass is 16.5. The van der Waals surface area contributed by atoms with Crippen LogP contribution in [-0.4, -0.2) is 18.4 Å². The summed E-state index contributed by atoms with van der Waals surface area (Å²) in [7, 11) is 0. The van der Waals surface area contributed by atoms with Crippen molar-refractivity contribution < 1.29 is 14.3 Å². The molecule has 1 fully saturated rings. The summed E-state index contributed by atoms with van der Waals surface area (Å²) >= 11 is 0. The first-order valence-corrected chi connectivity index (χ1v) is 5.97. The van der Waals surface area contributed by atoms with E-state index in [0.717, 1.165) is 18.5 Å². The Hall–Kier alpha value is -2.04. The topological polar surface area (TPSA) is 81.4 Å². The van der Waals surface area contributed by atoms with E-state index in [9.17, 15) is 9.59 Å². The minimum absolute atomic E-state index is 0.0809. The zero-order valence-electron chi connectivity index (χ0n) is 10.0. The second-order valence-electron chi connectivity index (χ2n) is 4.35. The average molecular weight is 248 g/mol. The fraction of sp³-hybridized carbons (Fsp3) is 0.385. The number of amides is 2. The molecule has 1 aliphatic carbocycles. The molecule has 1 saturated carbocycles. The van der Waals surface area contributed by atoms with Crippen molar-refractivity contribution in [3.63, 3.8) is 0 Å². The van der Waals surface area contributed by atoms with E-state index in [1.807, 2.05) is 0 Å². The lowest BCUT2D eigenvalue weighted by molar-refractivity contribution is -0.118. The highest BCUT2D eigenvalue weighted by Gasteiger charge is 2.29. The van der Waals surface area contributed by atoms with Crippen LogP contribution in [0, 0.1) is 5.92 Å². The summed E-state index contributed by atoms with van der Waals surface area (Å²) in [4.78, 5) is 22.0. The molecule has 0 unspecified atom stereocenters. The molecule has 0 aromatic heterocycles. The highest BCUT2D eigenvalue weighted by molar-refractivity contribution is 5.94. The van der Waals surface area contributed by atoms with E-state index < -0.39 is 0 Å². The third-order valence-corrected chi connectivity index (χ3v) is 2.69. The van der Waals surface area contributed by atoms with Crippen LogP contribution >= 0.6 is 0 Å². The fourth-order valence-electron chi connectivity index (χ4n) is 1.49. The van der Waals surface area contributed by atoms with Crippen LogP contribution < -0.4 is 15.8 Å². The van der Waals surface area contributed by atoms with E-state index >= 15 is 0 Å². The molecule has 18 heavy (non-hydrogen) atoms. The molecule has 3 N–H and O–H groups in total. The summed E-state index contributed by atoms with van der Waals surface area (Å²) in [6.45, 7) is 0.267. The van der Waals surface area contributed by atoms with Crippen LogP contribution in [0.2, 0.25) is 0 Å². The van der Waals surface area contributed by atoms with Crippen molar-refractivity contribution in [3.8, 4) is 5.75 Å². The Kier molecular flexibility index (Phi) is 3.82. The summed E-state index contributed by atoms with van der Waals surface area (Å²) in [5.41, 5.74) is 5.76. The molecular weight excluding hydrogens is 232 g/mol. The number of ether oxygens (including phenoxy) is 1. The lowest BCUT2D eigenvalue weighted by atomic mass is 10.3. The summed E-state index contributed by atoms with van der Waals surface area (Å²) in [6.07, 6.45) is 2.17. The van der Waals surface area contributed by atoms with Crippen LogP contribution in [0.1, 0.15) is 19.3 Å².